The molecule has 0 atom stereocenters. The third kappa shape index (κ3) is 6.21. The zero-order chi connectivity index (χ0) is 26.6. The van der Waals surface area contributed by atoms with Crippen molar-refractivity contribution < 1.29 is 27.8 Å². The molecule has 1 saturated heterocycles. The van der Waals surface area contributed by atoms with Crippen LogP contribution in [0.5, 0.6) is 17.2 Å². The van der Waals surface area contributed by atoms with E-state index in [1.165, 1.54) is 30.7 Å². The molecular formula is C25H31N5O6S. The number of para-hydroxylation sites is 1. The van der Waals surface area contributed by atoms with E-state index in [0.717, 1.165) is 24.0 Å². The van der Waals surface area contributed by atoms with Gasteiger partial charge in [-0.1, -0.05) is 18.2 Å². The highest BCUT2D eigenvalue weighted by atomic mass is 32.2. The van der Waals surface area contributed by atoms with Gasteiger partial charge in [0.2, 0.25) is 15.8 Å². The second-order valence-electron chi connectivity index (χ2n) is 8.85. The molecule has 12 heteroatoms. The van der Waals surface area contributed by atoms with Gasteiger partial charge >= 0.3 is 0 Å². The number of rotatable bonds is 9. The Balaban J connectivity index is 1.29. The minimum atomic E-state index is -3.40. The summed E-state index contributed by atoms with van der Waals surface area (Å²) in [7, 11) is -0.525. The number of phenolic OH excluding ortho intramolecular Hbond substituents is 1. The maximum absolute atomic E-state index is 12.4. The molecule has 1 aromatic heterocycles. The SMILES string of the molecule is COc1cc(C=NNC(=O)CN2CCN(Cc3cn(S(C)(=O)=O)c4ccccc34)CC2)cc(OC)c1O. The van der Waals surface area contributed by atoms with Crippen molar-refractivity contribution >= 4 is 33.0 Å². The van der Waals surface area contributed by atoms with Gasteiger partial charge in [0.05, 0.1) is 38.8 Å². The van der Waals surface area contributed by atoms with E-state index in [0.29, 0.717) is 30.7 Å². The first-order valence-electron chi connectivity index (χ1n) is 11.7. The lowest BCUT2D eigenvalue weighted by molar-refractivity contribution is -0.122. The van der Waals surface area contributed by atoms with Crippen LogP contribution in [0.2, 0.25) is 0 Å². The Morgan fingerprint density at radius 2 is 1.70 bits per heavy atom. The van der Waals surface area contributed by atoms with E-state index in [-0.39, 0.29) is 29.7 Å². The number of fused-ring (bicyclic) bond motifs is 1. The molecule has 1 aliphatic rings. The molecule has 0 aliphatic carbocycles. The number of benzene rings is 2. The van der Waals surface area contributed by atoms with Crippen LogP contribution in [-0.2, 0) is 21.4 Å². The number of hydrogen-bond acceptors (Lipinski definition) is 9. The van der Waals surface area contributed by atoms with E-state index in [2.05, 4.69) is 15.4 Å². The molecule has 4 rings (SSSR count). The molecule has 3 aromatic rings. The highest BCUT2D eigenvalue weighted by Gasteiger charge is 2.21. The smallest absolute Gasteiger partial charge is 0.254 e. The maximum Gasteiger partial charge on any atom is 0.254 e. The molecule has 2 heterocycles. The Morgan fingerprint density at radius 3 is 2.32 bits per heavy atom. The molecule has 1 aliphatic heterocycles. The minimum Gasteiger partial charge on any atom is -0.502 e. The van der Waals surface area contributed by atoms with E-state index in [1.54, 1.807) is 18.3 Å². The number of carbonyl (C=O) groups excluding carboxylic acids is 1. The molecular weight excluding hydrogens is 498 g/mol. The number of nitrogens with one attached hydrogen (secondary N) is 1. The Labute approximate surface area is 215 Å². The van der Waals surface area contributed by atoms with Gasteiger partial charge in [-0.3, -0.25) is 14.6 Å². The van der Waals surface area contributed by atoms with Gasteiger partial charge in [-0.25, -0.2) is 17.8 Å². The first-order chi connectivity index (χ1) is 17.7. The van der Waals surface area contributed by atoms with Crippen molar-refractivity contribution in [1.82, 2.24) is 19.2 Å². The zero-order valence-corrected chi connectivity index (χ0v) is 21.9. The van der Waals surface area contributed by atoms with Gasteiger partial charge in [-0.15, -0.1) is 0 Å². The highest BCUT2D eigenvalue weighted by molar-refractivity contribution is 7.89. The van der Waals surface area contributed by atoms with Crippen LogP contribution in [-0.4, -0.2) is 92.6 Å². The number of hydrogen-bond donors (Lipinski definition) is 2. The molecule has 0 bridgehead atoms. The molecule has 1 amide bonds. The summed E-state index contributed by atoms with van der Waals surface area (Å²) in [6, 6.07) is 10.7. The number of aromatic nitrogens is 1. The molecule has 1 fully saturated rings. The predicted molar refractivity (Wildman–Crippen MR) is 141 cm³/mol. The van der Waals surface area contributed by atoms with Gasteiger partial charge in [0.25, 0.3) is 5.91 Å². The van der Waals surface area contributed by atoms with E-state index in [4.69, 9.17) is 9.47 Å². The Kier molecular flexibility index (Phi) is 8.00. The summed E-state index contributed by atoms with van der Waals surface area (Å²) in [5.74, 6) is 0.141. The second kappa shape index (κ2) is 11.2. The van der Waals surface area contributed by atoms with Gasteiger partial charge in [0, 0.05) is 49.9 Å². The minimum absolute atomic E-state index is 0.105. The molecule has 0 unspecified atom stereocenters. The summed E-state index contributed by atoms with van der Waals surface area (Å²) in [6.07, 6.45) is 4.36. The Morgan fingerprint density at radius 1 is 1.08 bits per heavy atom. The lowest BCUT2D eigenvalue weighted by atomic mass is 10.1. The van der Waals surface area contributed by atoms with E-state index < -0.39 is 10.0 Å². The summed E-state index contributed by atoms with van der Waals surface area (Å²) < 4.78 is 36.0. The number of aromatic hydroxyl groups is 1. The molecule has 2 aromatic carbocycles. The zero-order valence-electron chi connectivity index (χ0n) is 21.0. The van der Waals surface area contributed by atoms with E-state index in [1.807, 2.05) is 29.2 Å². The third-order valence-corrected chi connectivity index (χ3v) is 7.27. The number of ether oxygens (including phenoxy) is 2. The largest absolute Gasteiger partial charge is 0.502 e. The van der Waals surface area contributed by atoms with Crippen LogP contribution in [0.4, 0.5) is 0 Å². The number of carbonyl (C=O) groups is 1. The summed E-state index contributed by atoms with van der Waals surface area (Å²) in [4.78, 5) is 16.7. The number of amides is 1. The molecule has 0 spiro atoms. The van der Waals surface area contributed by atoms with Crippen molar-refractivity contribution in [3.8, 4) is 17.2 Å². The number of nitrogens with zero attached hydrogens (tertiary/aromatic N) is 4. The third-order valence-electron chi connectivity index (χ3n) is 6.25. The summed E-state index contributed by atoms with van der Waals surface area (Å²) in [5.41, 5.74) is 4.77. The van der Waals surface area contributed by atoms with Crippen molar-refractivity contribution in [2.45, 2.75) is 6.54 Å². The lowest BCUT2D eigenvalue weighted by Gasteiger charge is -2.34. The van der Waals surface area contributed by atoms with Crippen LogP contribution in [0.1, 0.15) is 11.1 Å². The van der Waals surface area contributed by atoms with Crippen LogP contribution in [0, 0.1) is 0 Å². The number of piperazine rings is 1. The van der Waals surface area contributed by atoms with Crippen LogP contribution in [0.3, 0.4) is 0 Å². The van der Waals surface area contributed by atoms with Crippen molar-refractivity contribution in [2.24, 2.45) is 5.10 Å². The number of methoxy groups -OCH3 is 2. The van der Waals surface area contributed by atoms with Crippen molar-refractivity contribution in [3.63, 3.8) is 0 Å². The fraction of sp³-hybridized carbons (Fsp3) is 0.360. The fourth-order valence-electron chi connectivity index (χ4n) is 4.37. The van der Waals surface area contributed by atoms with Gasteiger partial charge in [0.15, 0.2) is 11.5 Å². The lowest BCUT2D eigenvalue weighted by Crippen LogP contribution is -2.48. The molecule has 0 saturated carbocycles. The molecule has 11 nitrogen and oxygen atoms in total. The average Bonchev–Trinajstić information content (AvgIpc) is 3.25. The summed E-state index contributed by atoms with van der Waals surface area (Å²) >= 11 is 0. The summed E-state index contributed by atoms with van der Waals surface area (Å²) in [6.45, 7) is 3.75. The van der Waals surface area contributed by atoms with E-state index >= 15 is 0 Å². The normalized spacial score (nSPS) is 15.3. The van der Waals surface area contributed by atoms with Crippen LogP contribution in [0.15, 0.2) is 47.7 Å². The molecule has 37 heavy (non-hydrogen) atoms. The van der Waals surface area contributed by atoms with Crippen LogP contribution < -0.4 is 14.9 Å². The summed E-state index contributed by atoms with van der Waals surface area (Å²) in [5, 5.41) is 14.9. The second-order valence-corrected chi connectivity index (χ2v) is 10.7. The number of hydrazone groups is 1. The quantitative estimate of drug-likeness (QED) is 0.315. The van der Waals surface area contributed by atoms with E-state index in [9.17, 15) is 18.3 Å². The van der Waals surface area contributed by atoms with Crippen LogP contribution >= 0.6 is 0 Å². The Bertz CT molecular complexity index is 1390. The van der Waals surface area contributed by atoms with Gasteiger partial charge in [-0.05, 0) is 23.8 Å². The van der Waals surface area contributed by atoms with Crippen LogP contribution in [0.25, 0.3) is 10.9 Å². The van der Waals surface area contributed by atoms with Crippen molar-refractivity contribution in [3.05, 3.63) is 53.7 Å². The first-order valence-corrected chi connectivity index (χ1v) is 13.6. The van der Waals surface area contributed by atoms with Gasteiger partial charge in [0.1, 0.15) is 0 Å². The van der Waals surface area contributed by atoms with Gasteiger partial charge in [-0.2, -0.15) is 5.10 Å². The standard InChI is InChI=1S/C25H31N5O6S/c1-35-22-12-18(13-23(36-2)25(22)32)14-26-27-24(31)17-29-10-8-28(9-11-29)15-19-16-30(37(3,33)34)21-7-5-4-6-20(19)21/h4-7,12-14,16,32H,8-11,15,17H2,1-3H3,(H,27,31). The number of phenols is 1. The topological polar surface area (TPSA) is 126 Å². The van der Waals surface area contributed by atoms with Crippen molar-refractivity contribution in [2.75, 3.05) is 53.2 Å². The molecule has 2 N–H and O–H groups in total. The average molecular weight is 530 g/mol. The fourth-order valence-corrected chi connectivity index (χ4v) is 5.21. The molecule has 198 valence electrons. The molecule has 0 radical (unpaired) electrons. The van der Waals surface area contributed by atoms with Crippen molar-refractivity contribution in [1.29, 1.82) is 0 Å². The van der Waals surface area contributed by atoms with Gasteiger partial charge < -0.3 is 14.6 Å². The highest BCUT2D eigenvalue weighted by Crippen LogP contribution is 2.36. The predicted octanol–water partition coefficient (Wildman–Crippen LogP) is 1.44. The maximum atomic E-state index is 12.4. The Hall–Kier alpha value is -3.61. The monoisotopic (exact) mass is 529 g/mol. The first kappa shape index (κ1) is 26.5.